The predicted molar refractivity (Wildman–Crippen MR) is 162 cm³/mol. The second kappa shape index (κ2) is 14.0. The maximum atomic E-state index is 14.1. The third-order valence-electron chi connectivity index (χ3n) is 7.39. The average molecular weight is 619 g/mol. The number of allylic oxidation sites excluding steroid dienone is 4. The van der Waals surface area contributed by atoms with Gasteiger partial charge in [-0.1, -0.05) is 37.3 Å². The molecular formula is C35H28F6N4. The molecule has 0 aromatic heterocycles. The minimum Gasteiger partial charge on any atom is -0.344 e. The lowest BCUT2D eigenvalue weighted by Crippen LogP contribution is -2.26. The summed E-state index contributed by atoms with van der Waals surface area (Å²) in [5, 5.41) is 28.3. The van der Waals surface area contributed by atoms with Crippen molar-refractivity contribution in [2.75, 3.05) is 11.9 Å². The molecular weight excluding hydrogens is 590 g/mol. The first-order chi connectivity index (χ1) is 21.2. The van der Waals surface area contributed by atoms with Crippen molar-refractivity contribution in [3.8, 4) is 29.3 Å². The van der Waals surface area contributed by atoms with Crippen molar-refractivity contribution in [1.82, 2.24) is 0 Å². The number of nitrogens with zero attached hydrogens (tertiary/aromatic N) is 4. The average Bonchev–Trinajstić information content (AvgIpc) is 3.01. The Hall–Kier alpha value is -5.27. The molecule has 3 rings (SSSR count). The molecule has 4 nitrogen and oxygen atoms in total. The van der Waals surface area contributed by atoms with E-state index >= 15 is 0 Å². The molecule has 230 valence electrons. The monoisotopic (exact) mass is 618 g/mol. The molecule has 3 aromatic rings. The number of rotatable bonds is 9. The highest BCUT2D eigenvalue weighted by Crippen LogP contribution is 2.41. The van der Waals surface area contributed by atoms with E-state index in [1.165, 1.54) is 25.1 Å². The van der Waals surface area contributed by atoms with Gasteiger partial charge in [0.25, 0.3) is 0 Å². The second-order valence-corrected chi connectivity index (χ2v) is 10.1. The van der Waals surface area contributed by atoms with Crippen molar-refractivity contribution in [3.63, 3.8) is 0 Å². The number of hydrogen-bond donors (Lipinski definition) is 0. The SMILES string of the molecule is C=CCc1cc(-c2ccc(C#N)cc2C#N)ccc1N(C)c1ccc(C#N)cc1C=CC(/C(CC)=C(/C)C(F)(F)F)C(F)(F)F. The fourth-order valence-corrected chi connectivity index (χ4v) is 5.07. The molecule has 3 aromatic carbocycles. The van der Waals surface area contributed by atoms with Gasteiger partial charge < -0.3 is 4.90 Å². The van der Waals surface area contributed by atoms with Crippen LogP contribution in [0.25, 0.3) is 17.2 Å². The number of hydrogen-bond acceptors (Lipinski definition) is 4. The van der Waals surface area contributed by atoms with E-state index in [0.717, 1.165) is 11.6 Å². The second-order valence-electron chi connectivity index (χ2n) is 10.1. The van der Waals surface area contributed by atoms with Crippen molar-refractivity contribution in [2.24, 2.45) is 5.92 Å². The number of nitriles is 3. The van der Waals surface area contributed by atoms with Crippen LogP contribution in [0.4, 0.5) is 37.7 Å². The molecule has 0 aliphatic heterocycles. The first-order valence-corrected chi connectivity index (χ1v) is 13.7. The van der Waals surface area contributed by atoms with Crippen LogP contribution in [0.1, 0.15) is 48.1 Å². The summed E-state index contributed by atoms with van der Waals surface area (Å²) in [5.74, 6) is -2.50. The summed E-state index contributed by atoms with van der Waals surface area (Å²) in [7, 11) is 1.68. The maximum absolute atomic E-state index is 14.1. The summed E-state index contributed by atoms with van der Waals surface area (Å²) in [6.45, 7) is 5.70. The molecule has 0 bridgehead atoms. The summed E-state index contributed by atoms with van der Waals surface area (Å²) in [6.07, 6.45) is -6.54. The molecule has 0 spiro atoms. The lowest BCUT2D eigenvalue weighted by molar-refractivity contribution is -0.153. The number of benzene rings is 3. The fourth-order valence-electron chi connectivity index (χ4n) is 5.07. The van der Waals surface area contributed by atoms with E-state index in [9.17, 15) is 42.1 Å². The van der Waals surface area contributed by atoms with Crippen LogP contribution in [0.15, 0.2) is 84.5 Å². The van der Waals surface area contributed by atoms with Gasteiger partial charge in [-0.2, -0.15) is 42.1 Å². The molecule has 0 aliphatic rings. The Morgan fingerprint density at radius 3 is 2.07 bits per heavy atom. The summed E-state index contributed by atoms with van der Waals surface area (Å²) in [5.41, 5.74) is 1.98. The van der Waals surface area contributed by atoms with E-state index in [1.807, 2.05) is 18.2 Å². The molecule has 0 aliphatic carbocycles. The van der Waals surface area contributed by atoms with Crippen molar-refractivity contribution >= 4 is 17.5 Å². The molecule has 45 heavy (non-hydrogen) atoms. The van der Waals surface area contributed by atoms with E-state index < -0.39 is 35.8 Å². The number of halogens is 6. The topological polar surface area (TPSA) is 74.6 Å². The smallest absolute Gasteiger partial charge is 0.344 e. The van der Waals surface area contributed by atoms with Gasteiger partial charge in [0.05, 0.1) is 40.8 Å². The largest absolute Gasteiger partial charge is 0.412 e. The Bertz CT molecular complexity index is 1780. The predicted octanol–water partition coefficient (Wildman–Crippen LogP) is 9.95. The van der Waals surface area contributed by atoms with Gasteiger partial charge in [0.15, 0.2) is 0 Å². The molecule has 0 radical (unpaired) electrons. The minimum atomic E-state index is -4.99. The number of anilines is 2. The lowest BCUT2D eigenvalue weighted by Gasteiger charge is -2.26. The maximum Gasteiger partial charge on any atom is 0.412 e. The Kier molecular flexibility index (Phi) is 10.7. The van der Waals surface area contributed by atoms with Crippen molar-refractivity contribution < 1.29 is 26.3 Å². The van der Waals surface area contributed by atoms with Gasteiger partial charge in [-0.25, -0.2) is 0 Å². The molecule has 0 saturated heterocycles. The van der Waals surface area contributed by atoms with Gasteiger partial charge in [0, 0.05) is 24.0 Å². The Morgan fingerprint density at radius 1 is 0.889 bits per heavy atom. The molecule has 0 heterocycles. The molecule has 10 heteroatoms. The highest BCUT2D eigenvalue weighted by Gasteiger charge is 2.43. The molecule has 1 atom stereocenters. The molecule has 0 fully saturated rings. The van der Waals surface area contributed by atoms with Crippen LogP contribution in [0, 0.1) is 39.9 Å². The van der Waals surface area contributed by atoms with E-state index in [2.05, 4.69) is 12.6 Å². The van der Waals surface area contributed by atoms with Gasteiger partial charge in [0.2, 0.25) is 0 Å². The van der Waals surface area contributed by atoms with Gasteiger partial charge in [0.1, 0.15) is 0 Å². The normalized spacial score (nSPS) is 12.9. The Morgan fingerprint density at radius 2 is 1.51 bits per heavy atom. The Balaban J connectivity index is 2.17. The fraction of sp³-hybridized carbons (Fsp3) is 0.229. The van der Waals surface area contributed by atoms with Crippen molar-refractivity contribution in [3.05, 3.63) is 112 Å². The number of alkyl halides is 6. The zero-order valence-electron chi connectivity index (χ0n) is 24.7. The summed E-state index contributed by atoms with van der Waals surface area (Å²) in [4.78, 5) is 1.70. The van der Waals surface area contributed by atoms with Crippen LogP contribution in [0.3, 0.4) is 0 Å². The Labute approximate surface area is 258 Å². The van der Waals surface area contributed by atoms with Crippen LogP contribution < -0.4 is 4.90 Å². The standard InChI is InChI=1S/C35H28F6N4/c1-5-7-26-18-25(30-12-8-23(19-42)17-28(30)21-44)11-15-33(26)45(4)32-14-9-24(20-43)16-27(32)10-13-31(35(39,40)41)29(6-2)22(3)34(36,37)38/h5,8-18,31H,1,6-7H2,2-4H3/b13-10?,29-22-. The summed E-state index contributed by atoms with van der Waals surface area (Å²) >= 11 is 0. The molecule has 0 saturated carbocycles. The van der Waals surface area contributed by atoms with E-state index in [1.54, 1.807) is 48.4 Å². The third kappa shape index (κ3) is 7.82. The first kappa shape index (κ1) is 34.2. The summed E-state index contributed by atoms with van der Waals surface area (Å²) < 4.78 is 82.7. The van der Waals surface area contributed by atoms with E-state index in [-0.39, 0.29) is 11.1 Å². The van der Waals surface area contributed by atoms with Gasteiger partial charge in [-0.15, -0.1) is 6.58 Å². The van der Waals surface area contributed by atoms with Crippen LogP contribution in [-0.4, -0.2) is 19.4 Å². The first-order valence-electron chi connectivity index (χ1n) is 13.7. The highest BCUT2D eigenvalue weighted by molar-refractivity contribution is 5.80. The lowest BCUT2D eigenvalue weighted by atomic mass is 9.90. The van der Waals surface area contributed by atoms with E-state index in [0.29, 0.717) is 53.0 Å². The third-order valence-corrected chi connectivity index (χ3v) is 7.39. The minimum absolute atomic E-state index is 0.152. The van der Waals surface area contributed by atoms with Crippen molar-refractivity contribution in [2.45, 2.75) is 39.0 Å². The van der Waals surface area contributed by atoms with Crippen LogP contribution in [-0.2, 0) is 6.42 Å². The molecule has 0 N–H and O–H groups in total. The molecule has 0 amide bonds. The quantitative estimate of drug-likeness (QED) is 0.177. The zero-order chi connectivity index (χ0) is 33.5. The van der Waals surface area contributed by atoms with Gasteiger partial charge in [-0.05, 0) is 90.1 Å². The van der Waals surface area contributed by atoms with Crippen LogP contribution in [0.5, 0.6) is 0 Å². The highest BCUT2D eigenvalue weighted by atomic mass is 19.4. The van der Waals surface area contributed by atoms with Crippen LogP contribution in [0.2, 0.25) is 0 Å². The van der Waals surface area contributed by atoms with Gasteiger partial charge in [-0.3, -0.25) is 0 Å². The van der Waals surface area contributed by atoms with Crippen molar-refractivity contribution in [1.29, 1.82) is 15.8 Å². The summed E-state index contributed by atoms with van der Waals surface area (Å²) in [6, 6.07) is 20.6. The zero-order valence-corrected chi connectivity index (χ0v) is 24.7. The van der Waals surface area contributed by atoms with Crippen LogP contribution >= 0.6 is 0 Å². The van der Waals surface area contributed by atoms with E-state index in [4.69, 9.17) is 0 Å². The van der Waals surface area contributed by atoms with Gasteiger partial charge >= 0.3 is 12.4 Å². The molecule has 1 unspecified atom stereocenters.